The quantitative estimate of drug-likeness (QED) is 0.728. The minimum Gasteiger partial charge on any atom is -0.491 e. The van der Waals surface area contributed by atoms with Crippen molar-refractivity contribution in [1.29, 1.82) is 0 Å². The van der Waals surface area contributed by atoms with Gasteiger partial charge in [0.25, 0.3) is 0 Å². The molecule has 1 aliphatic rings. The topological polar surface area (TPSA) is 50.7 Å². The van der Waals surface area contributed by atoms with Crippen molar-refractivity contribution in [2.75, 3.05) is 31.7 Å². The molecule has 1 aromatic rings. The summed E-state index contributed by atoms with van der Waals surface area (Å²) in [4.78, 5) is 0. The summed E-state index contributed by atoms with van der Waals surface area (Å²) >= 11 is 0. The van der Waals surface area contributed by atoms with Gasteiger partial charge in [0.05, 0.1) is 6.10 Å². The Labute approximate surface area is 108 Å². The van der Waals surface area contributed by atoms with Crippen LogP contribution in [0.3, 0.4) is 0 Å². The van der Waals surface area contributed by atoms with Crippen LogP contribution in [0.15, 0.2) is 24.3 Å². The lowest BCUT2D eigenvalue weighted by atomic mass is 10.2. The first-order valence-electron chi connectivity index (χ1n) is 6.57. The molecule has 1 heterocycles. The number of aliphatic hydroxyl groups excluding tert-OH is 1. The van der Waals surface area contributed by atoms with Gasteiger partial charge in [-0.3, -0.25) is 0 Å². The molecule has 1 saturated heterocycles. The van der Waals surface area contributed by atoms with E-state index in [-0.39, 0.29) is 12.7 Å². The summed E-state index contributed by atoms with van der Waals surface area (Å²) in [6, 6.07) is 7.89. The number of hydrogen-bond acceptors (Lipinski definition) is 4. The SMILES string of the molecule is OCCCNc1cccc(OC[C@H]2CCCO2)c1. The molecule has 1 aliphatic heterocycles. The molecule has 0 unspecified atom stereocenters. The Balaban J connectivity index is 1.78. The number of aliphatic hydroxyl groups is 1. The highest BCUT2D eigenvalue weighted by molar-refractivity contribution is 5.48. The molecule has 4 heteroatoms. The van der Waals surface area contributed by atoms with Crippen molar-refractivity contribution in [2.45, 2.75) is 25.4 Å². The highest BCUT2D eigenvalue weighted by Crippen LogP contribution is 2.19. The number of ether oxygens (including phenoxy) is 2. The summed E-state index contributed by atoms with van der Waals surface area (Å²) in [7, 11) is 0. The van der Waals surface area contributed by atoms with E-state index in [1.165, 1.54) is 0 Å². The molecule has 0 spiro atoms. The molecule has 0 aliphatic carbocycles. The van der Waals surface area contributed by atoms with E-state index in [9.17, 15) is 0 Å². The molecular formula is C14H21NO3. The molecule has 0 saturated carbocycles. The van der Waals surface area contributed by atoms with Crippen molar-refractivity contribution in [3.63, 3.8) is 0 Å². The lowest BCUT2D eigenvalue weighted by Gasteiger charge is -2.12. The molecule has 1 fully saturated rings. The van der Waals surface area contributed by atoms with Crippen LogP contribution in [-0.2, 0) is 4.74 Å². The lowest BCUT2D eigenvalue weighted by molar-refractivity contribution is 0.0680. The first kappa shape index (κ1) is 13.2. The maximum atomic E-state index is 8.73. The van der Waals surface area contributed by atoms with Crippen LogP contribution in [0.1, 0.15) is 19.3 Å². The van der Waals surface area contributed by atoms with Crippen molar-refractivity contribution < 1.29 is 14.6 Å². The summed E-state index contributed by atoms with van der Waals surface area (Å²) in [6.45, 7) is 2.46. The van der Waals surface area contributed by atoms with E-state index in [1.807, 2.05) is 24.3 Å². The Bertz CT molecular complexity index is 351. The smallest absolute Gasteiger partial charge is 0.121 e. The van der Waals surface area contributed by atoms with E-state index in [1.54, 1.807) is 0 Å². The van der Waals surface area contributed by atoms with E-state index < -0.39 is 0 Å². The molecular weight excluding hydrogens is 230 g/mol. The van der Waals surface area contributed by atoms with E-state index in [0.29, 0.717) is 6.61 Å². The number of benzene rings is 1. The van der Waals surface area contributed by atoms with Crippen molar-refractivity contribution in [3.8, 4) is 5.75 Å². The third-order valence-corrected chi connectivity index (χ3v) is 2.96. The van der Waals surface area contributed by atoms with E-state index in [0.717, 1.165) is 43.9 Å². The van der Waals surface area contributed by atoms with Crippen LogP contribution in [0.5, 0.6) is 5.75 Å². The summed E-state index contributed by atoms with van der Waals surface area (Å²) in [6.07, 6.45) is 3.22. The first-order chi connectivity index (χ1) is 8.88. The van der Waals surface area contributed by atoms with Gasteiger partial charge in [0.2, 0.25) is 0 Å². The van der Waals surface area contributed by atoms with E-state index in [4.69, 9.17) is 14.6 Å². The molecule has 2 N–H and O–H groups in total. The predicted octanol–water partition coefficient (Wildman–Crippen LogP) is 2.04. The van der Waals surface area contributed by atoms with Crippen LogP contribution < -0.4 is 10.1 Å². The second kappa shape index (κ2) is 7.24. The Morgan fingerprint density at radius 2 is 2.39 bits per heavy atom. The van der Waals surface area contributed by atoms with E-state index >= 15 is 0 Å². The van der Waals surface area contributed by atoms with Gasteiger partial charge in [-0.2, -0.15) is 0 Å². The molecule has 2 rings (SSSR count). The first-order valence-corrected chi connectivity index (χ1v) is 6.57. The molecule has 0 aromatic heterocycles. The highest BCUT2D eigenvalue weighted by Gasteiger charge is 2.15. The minimum absolute atomic E-state index is 0.211. The largest absolute Gasteiger partial charge is 0.491 e. The Kier molecular flexibility index (Phi) is 5.30. The van der Waals surface area contributed by atoms with Gasteiger partial charge in [-0.15, -0.1) is 0 Å². The fourth-order valence-corrected chi connectivity index (χ4v) is 1.97. The summed E-state index contributed by atoms with van der Waals surface area (Å²) in [5, 5.41) is 12.0. The molecule has 100 valence electrons. The van der Waals surface area contributed by atoms with Gasteiger partial charge in [-0.1, -0.05) is 6.07 Å². The number of nitrogens with one attached hydrogen (secondary N) is 1. The van der Waals surface area contributed by atoms with Gasteiger partial charge in [-0.25, -0.2) is 0 Å². The van der Waals surface area contributed by atoms with Crippen LogP contribution in [-0.4, -0.2) is 37.6 Å². The standard InChI is InChI=1S/C14H21NO3/c16-8-3-7-15-12-4-1-5-13(10-12)18-11-14-6-2-9-17-14/h1,4-5,10,14-16H,2-3,6-9,11H2/t14-/m1/s1. The number of rotatable bonds is 7. The van der Waals surface area contributed by atoms with Crippen LogP contribution in [0.2, 0.25) is 0 Å². The summed E-state index contributed by atoms with van der Waals surface area (Å²) in [5.74, 6) is 0.861. The molecule has 0 bridgehead atoms. The third-order valence-electron chi connectivity index (χ3n) is 2.96. The normalized spacial score (nSPS) is 18.8. The summed E-state index contributed by atoms with van der Waals surface area (Å²) < 4.78 is 11.2. The van der Waals surface area contributed by atoms with Crippen molar-refractivity contribution in [3.05, 3.63) is 24.3 Å². The molecule has 0 radical (unpaired) electrons. The average molecular weight is 251 g/mol. The number of hydrogen-bond donors (Lipinski definition) is 2. The van der Waals surface area contributed by atoms with Gasteiger partial charge < -0.3 is 19.9 Å². The van der Waals surface area contributed by atoms with Gasteiger partial charge in [0.15, 0.2) is 0 Å². The van der Waals surface area contributed by atoms with Gasteiger partial charge >= 0.3 is 0 Å². The van der Waals surface area contributed by atoms with Crippen LogP contribution in [0.4, 0.5) is 5.69 Å². The molecule has 0 amide bonds. The minimum atomic E-state index is 0.211. The highest BCUT2D eigenvalue weighted by atomic mass is 16.5. The molecule has 1 atom stereocenters. The Morgan fingerprint density at radius 1 is 1.44 bits per heavy atom. The lowest BCUT2D eigenvalue weighted by Crippen LogP contribution is -2.16. The second-order valence-electron chi connectivity index (χ2n) is 4.48. The predicted molar refractivity (Wildman–Crippen MR) is 71.1 cm³/mol. The summed E-state index contributed by atoms with van der Waals surface area (Å²) in [5.41, 5.74) is 1.02. The third kappa shape index (κ3) is 4.20. The molecule has 4 nitrogen and oxygen atoms in total. The monoisotopic (exact) mass is 251 g/mol. The molecule has 18 heavy (non-hydrogen) atoms. The van der Waals surface area contributed by atoms with Crippen molar-refractivity contribution in [2.24, 2.45) is 0 Å². The Morgan fingerprint density at radius 3 is 3.17 bits per heavy atom. The van der Waals surface area contributed by atoms with Crippen LogP contribution in [0.25, 0.3) is 0 Å². The molecule has 1 aromatic carbocycles. The average Bonchev–Trinajstić information content (AvgIpc) is 2.90. The zero-order valence-electron chi connectivity index (χ0n) is 10.6. The van der Waals surface area contributed by atoms with Gasteiger partial charge in [0.1, 0.15) is 12.4 Å². The van der Waals surface area contributed by atoms with Crippen molar-refractivity contribution >= 4 is 5.69 Å². The van der Waals surface area contributed by atoms with Crippen LogP contribution in [0, 0.1) is 0 Å². The zero-order chi connectivity index (χ0) is 12.6. The van der Waals surface area contributed by atoms with E-state index in [2.05, 4.69) is 5.32 Å². The zero-order valence-corrected chi connectivity index (χ0v) is 10.6. The second-order valence-corrected chi connectivity index (χ2v) is 4.48. The van der Waals surface area contributed by atoms with Gasteiger partial charge in [-0.05, 0) is 31.4 Å². The fourth-order valence-electron chi connectivity index (χ4n) is 1.97. The Hall–Kier alpha value is -1.26. The maximum Gasteiger partial charge on any atom is 0.121 e. The van der Waals surface area contributed by atoms with Gasteiger partial charge in [0, 0.05) is 31.5 Å². The fraction of sp³-hybridized carbons (Fsp3) is 0.571. The van der Waals surface area contributed by atoms with Crippen molar-refractivity contribution in [1.82, 2.24) is 0 Å². The maximum absolute atomic E-state index is 8.73. The van der Waals surface area contributed by atoms with Crippen LogP contribution >= 0.6 is 0 Å². The number of anilines is 1.